The molecule has 9 heteroatoms. The first-order chi connectivity index (χ1) is 13.5. The Morgan fingerprint density at radius 1 is 0.929 bits per heavy atom. The molecular formula is C19H22N2O6S. The quantitative estimate of drug-likeness (QED) is 0.838. The maximum Gasteiger partial charge on any atom is 0.291 e. The fraction of sp³-hybridized carbons (Fsp3) is 0.421. The molecule has 1 amide bonds. The van der Waals surface area contributed by atoms with Gasteiger partial charge in [-0.1, -0.05) is 6.42 Å². The molecule has 4 rings (SSSR count). The molecule has 0 aliphatic carbocycles. The van der Waals surface area contributed by atoms with Gasteiger partial charge >= 0.3 is 0 Å². The Morgan fingerprint density at radius 2 is 1.68 bits per heavy atom. The maximum absolute atomic E-state index is 12.6. The highest BCUT2D eigenvalue weighted by atomic mass is 32.2. The molecule has 3 heterocycles. The van der Waals surface area contributed by atoms with Gasteiger partial charge in [-0.25, -0.2) is 8.42 Å². The number of sulfonamides is 1. The molecule has 0 radical (unpaired) electrons. The summed E-state index contributed by atoms with van der Waals surface area (Å²) in [5, 5.41) is 2.49. The first-order valence-corrected chi connectivity index (χ1v) is 10.8. The standard InChI is InChI=1S/C19H22N2O6S/c22-19(20-14-5-6-15-17(13-14)26-12-4-11-25-15)16-7-8-18(27-16)28(23,24)21-9-2-1-3-10-21/h5-8,13H,1-4,9-12H2,(H,20,22). The normalized spacial score (nSPS) is 17.7. The van der Waals surface area contributed by atoms with Crippen LogP contribution in [0, 0.1) is 0 Å². The third kappa shape index (κ3) is 3.85. The average molecular weight is 406 g/mol. The van der Waals surface area contributed by atoms with Gasteiger partial charge in [0.1, 0.15) is 0 Å². The molecule has 0 atom stereocenters. The Bertz CT molecular complexity index is 963. The molecule has 1 fully saturated rings. The molecule has 0 saturated carbocycles. The molecule has 0 unspecified atom stereocenters. The van der Waals surface area contributed by atoms with E-state index < -0.39 is 15.9 Å². The number of ether oxygens (including phenoxy) is 2. The van der Waals surface area contributed by atoms with Gasteiger partial charge in [-0.15, -0.1) is 0 Å². The average Bonchev–Trinajstić information content (AvgIpc) is 3.10. The number of hydrogen-bond acceptors (Lipinski definition) is 6. The largest absolute Gasteiger partial charge is 0.490 e. The third-order valence-corrected chi connectivity index (χ3v) is 6.49. The monoisotopic (exact) mass is 406 g/mol. The molecule has 2 aromatic rings. The third-order valence-electron chi connectivity index (χ3n) is 4.72. The molecule has 1 saturated heterocycles. The number of carbonyl (C=O) groups excluding carboxylic acids is 1. The first-order valence-electron chi connectivity index (χ1n) is 9.35. The molecule has 0 bridgehead atoms. The fourth-order valence-corrected chi connectivity index (χ4v) is 4.68. The fourth-order valence-electron chi connectivity index (χ4n) is 3.25. The summed E-state index contributed by atoms with van der Waals surface area (Å²) in [6, 6.07) is 7.79. The van der Waals surface area contributed by atoms with Crippen molar-refractivity contribution in [3.8, 4) is 11.5 Å². The number of fused-ring (bicyclic) bond motifs is 1. The van der Waals surface area contributed by atoms with Crippen LogP contribution in [0.3, 0.4) is 0 Å². The van der Waals surface area contributed by atoms with Gasteiger partial charge in [-0.2, -0.15) is 4.31 Å². The van der Waals surface area contributed by atoms with Gasteiger partial charge in [-0.05, 0) is 37.1 Å². The van der Waals surface area contributed by atoms with E-state index in [9.17, 15) is 13.2 Å². The van der Waals surface area contributed by atoms with Crippen molar-refractivity contribution in [2.45, 2.75) is 30.8 Å². The van der Waals surface area contributed by atoms with Crippen molar-refractivity contribution in [2.75, 3.05) is 31.6 Å². The van der Waals surface area contributed by atoms with E-state index in [1.54, 1.807) is 18.2 Å². The summed E-state index contributed by atoms with van der Waals surface area (Å²) in [4.78, 5) is 12.5. The van der Waals surface area contributed by atoms with Crippen molar-refractivity contribution in [1.29, 1.82) is 0 Å². The highest BCUT2D eigenvalue weighted by Gasteiger charge is 2.29. The highest BCUT2D eigenvalue weighted by Crippen LogP contribution is 2.32. The molecule has 1 aromatic heterocycles. The van der Waals surface area contributed by atoms with E-state index in [0.29, 0.717) is 43.5 Å². The van der Waals surface area contributed by atoms with Crippen LogP contribution in [0.15, 0.2) is 39.8 Å². The van der Waals surface area contributed by atoms with Crippen molar-refractivity contribution in [3.05, 3.63) is 36.1 Å². The van der Waals surface area contributed by atoms with E-state index in [-0.39, 0.29) is 10.9 Å². The number of benzene rings is 1. The molecule has 1 N–H and O–H groups in total. The lowest BCUT2D eigenvalue weighted by Crippen LogP contribution is -2.35. The van der Waals surface area contributed by atoms with Crippen LogP contribution in [0.4, 0.5) is 5.69 Å². The van der Waals surface area contributed by atoms with E-state index >= 15 is 0 Å². The number of carbonyl (C=O) groups is 1. The number of nitrogens with one attached hydrogen (secondary N) is 1. The second kappa shape index (κ2) is 7.84. The van der Waals surface area contributed by atoms with Crippen LogP contribution in [0.2, 0.25) is 0 Å². The van der Waals surface area contributed by atoms with Gasteiger partial charge in [-0.3, -0.25) is 4.79 Å². The number of amides is 1. The van der Waals surface area contributed by atoms with Gasteiger partial charge in [0, 0.05) is 31.3 Å². The minimum absolute atomic E-state index is 0.0669. The number of rotatable bonds is 4. The summed E-state index contributed by atoms with van der Waals surface area (Å²) in [7, 11) is -3.71. The van der Waals surface area contributed by atoms with Gasteiger partial charge in [0.2, 0.25) is 5.09 Å². The molecule has 2 aliphatic heterocycles. The van der Waals surface area contributed by atoms with Crippen molar-refractivity contribution < 1.29 is 27.1 Å². The molecule has 1 aromatic carbocycles. The number of nitrogens with zero attached hydrogens (tertiary/aromatic N) is 1. The lowest BCUT2D eigenvalue weighted by atomic mass is 10.2. The zero-order valence-corrected chi connectivity index (χ0v) is 16.2. The first kappa shape index (κ1) is 18.8. The summed E-state index contributed by atoms with van der Waals surface area (Å²) >= 11 is 0. The Kier molecular flexibility index (Phi) is 5.27. The molecule has 28 heavy (non-hydrogen) atoms. The molecule has 8 nitrogen and oxygen atoms in total. The van der Waals surface area contributed by atoms with Crippen molar-refractivity contribution in [2.24, 2.45) is 0 Å². The Morgan fingerprint density at radius 3 is 2.46 bits per heavy atom. The summed E-state index contributed by atoms with van der Waals surface area (Å²) in [6.45, 7) is 2.07. The Balaban J connectivity index is 1.48. The number of anilines is 1. The van der Waals surface area contributed by atoms with Gasteiger partial charge in [0.15, 0.2) is 17.3 Å². The zero-order valence-electron chi connectivity index (χ0n) is 15.3. The SMILES string of the molecule is O=C(Nc1ccc2c(c1)OCCCO2)c1ccc(S(=O)(=O)N2CCCCC2)o1. The lowest BCUT2D eigenvalue weighted by Gasteiger charge is -2.24. The van der Waals surface area contributed by atoms with Crippen molar-refractivity contribution >= 4 is 21.6 Å². The summed E-state index contributed by atoms with van der Waals surface area (Å²) < 4.78 is 43.2. The van der Waals surface area contributed by atoms with Crippen molar-refractivity contribution in [3.63, 3.8) is 0 Å². The van der Waals surface area contributed by atoms with E-state index in [1.165, 1.54) is 16.4 Å². The van der Waals surface area contributed by atoms with E-state index in [2.05, 4.69) is 5.32 Å². The molecule has 2 aliphatic rings. The number of hydrogen-bond donors (Lipinski definition) is 1. The topological polar surface area (TPSA) is 98.1 Å². The van der Waals surface area contributed by atoms with Crippen LogP contribution in [0.25, 0.3) is 0 Å². The summed E-state index contributed by atoms with van der Waals surface area (Å²) in [6.07, 6.45) is 3.47. The van der Waals surface area contributed by atoms with E-state index in [0.717, 1.165) is 25.7 Å². The predicted molar refractivity (Wildman–Crippen MR) is 101 cm³/mol. The molecular weight excluding hydrogens is 384 g/mol. The van der Waals surface area contributed by atoms with E-state index in [4.69, 9.17) is 13.9 Å². The van der Waals surface area contributed by atoms with Crippen molar-refractivity contribution in [1.82, 2.24) is 4.31 Å². The Hall–Kier alpha value is -2.52. The molecule has 0 spiro atoms. The Labute approximate surface area is 163 Å². The van der Waals surface area contributed by atoms with E-state index in [1.807, 2.05) is 0 Å². The number of piperidine rings is 1. The van der Waals surface area contributed by atoms with Crippen LogP contribution in [0.5, 0.6) is 11.5 Å². The minimum Gasteiger partial charge on any atom is -0.490 e. The molecule has 150 valence electrons. The summed E-state index contributed by atoms with van der Waals surface area (Å²) in [5.41, 5.74) is 0.506. The maximum atomic E-state index is 12.6. The zero-order chi connectivity index (χ0) is 19.6. The van der Waals surface area contributed by atoms with Gasteiger partial charge < -0.3 is 19.2 Å². The van der Waals surface area contributed by atoms with Crippen LogP contribution in [-0.4, -0.2) is 44.9 Å². The second-order valence-electron chi connectivity index (χ2n) is 6.75. The van der Waals surface area contributed by atoms with Gasteiger partial charge in [0.25, 0.3) is 15.9 Å². The van der Waals surface area contributed by atoms with Crippen LogP contribution in [0.1, 0.15) is 36.2 Å². The van der Waals surface area contributed by atoms with Crippen LogP contribution in [-0.2, 0) is 10.0 Å². The minimum atomic E-state index is -3.71. The summed E-state index contributed by atoms with van der Waals surface area (Å²) in [5.74, 6) is 0.587. The predicted octanol–water partition coefficient (Wildman–Crippen LogP) is 2.87. The van der Waals surface area contributed by atoms with Crippen LogP contribution >= 0.6 is 0 Å². The highest BCUT2D eigenvalue weighted by molar-refractivity contribution is 7.89. The number of furan rings is 1. The second-order valence-corrected chi connectivity index (χ2v) is 8.62. The van der Waals surface area contributed by atoms with Gasteiger partial charge in [0.05, 0.1) is 13.2 Å². The van der Waals surface area contributed by atoms with Crippen LogP contribution < -0.4 is 14.8 Å². The lowest BCUT2D eigenvalue weighted by molar-refractivity contribution is 0.0991. The smallest absolute Gasteiger partial charge is 0.291 e.